The number of H-pyrrole nitrogens is 1. The molecule has 1 aliphatic heterocycles. The molecule has 2 N–H and O–H groups in total. The lowest BCUT2D eigenvalue weighted by atomic mass is 10.1. The quantitative estimate of drug-likeness (QED) is 0.847. The molecular weight excluding hydrogens is 277 g/mol. The molecule has 0 amide bonds. The first-order chi connectivity index (χ1) is 9.72. The Balaban J connectivity index is 1.78. The predicted octanol–water partition coefficient (Wildman–Crippen LogP) is 1.85. The van der Waals surface area contributed by atoms with Gasteiger partial charge in [0.15, 0.2) is 0 Å². The second-order valence-electron chi connectivity index (χ2n) is 4.61. The lowest BCUT2D eigenvalue weighted by molar-refractivity contribution is 0.614. The molecule has 4 nitrogen and oxygen atoms in total. The first-order valence-electron chi connectivity index (χ1n) is 6.42. The Morgan fingerprint density at radius 1 is 1.40 bits per heavy atom. The summed E-state index contributed by atoms with van der Waals surface area (Å²) in [5.41, 5.74) is 1.56. The SMILES string of the molecule is O=c1[nH]c(CSc2cccc(F)c2)nc2c1CCNC2. The van der Waals surface area contributed by atoms with Gasteiger partial charge in [-0.15, -0.1) is 11.8 Å². The molecule has 0 bridgehead atoms. The van der Waals surface area contributed by atoms with E-state index in [1.807, 2.05) is 6.07 Å². The zero-order valence-electron chi connectivity index (χ0n) is 10.8. The molecule has 3 rings (SSSR count). The number of rotatable bonds is 3. The Morgan fingerprint density at radius 2 is 2.30 bits per heavy atom. The van der Waals surface area contributed by atoms with Crippen molar-refractivity contribution in [3.8, 4) is 0 Å². The van der Waals surface area contributed by atoms with Crippen molar-refractivity contribution < 1.29 is 4.39 Å². The smallest absolute Gasteiger partial charge is 0.254 e. The lowest BCUT2D eigenvalue weighted by Crippen LogP contribution is -2.31. The number of aromatic amines is 1. The molecule has 0 fully saturated rings. The van der Waals surface area contributed by atoms with Crippen LogP contribution in [0, 0.1) is 5.82 Å². The van der Waals surface area contributed by atoms with E-state index in [2.05, 4.69) is 15.3 Å². The predicted molar refractivity (Wildman–Crippen MR) is 76.2 cm³/mol. The fraction of sp³-hybridized carbons (Fsp3) is 0.286. The van der Waals surface area contributed by atoms with E-state index in [9.17, 15) is 9.18 Å². The van der Waals surface area contributed by atoms with Gasteiger partial charge in [0.1, 0.15) is 11.6 Å². The molecule has 2 aromatic rings. The van der Waals surface area contributed by atoms with E-state index in [-0.39, 0.29) is 11.4 Å². The van der Waals surface area contributed by atoms with Crippen molar-refractivity contribution in [3.05, 3.63) is 57.5 Å². The van der Waals surface area contributed by atoms with Crippen molar-refractivity contribution in [1.82, 2.24) is 15.3 Å². The third-order valence-electron chi connectivity index (χ3n) is 3.17. The summed E-state index contributed by atoms with van der Waals surface area (Å²) in [6.45, 7) is 1.45. The third-order valence-corrected chi connectivity index (χ3v) is 4.17. The van der Waals surface area contributed by atoms with Crippen LogP contribution in [0.3, 0.4) is 0 Å². The highest BCUT2D eigenvalue weighted by atomic mass is 32.2. The number of thioether (sulfide) groups is 1. The number of benzene rings is 1. The van der Waals surface area contributed by atoms with E-state index < -0.39 is 0 Å². The number of aromatic nitrogens is 2. The molecule has 0 aliphatic carbocycles. The fourth-order valence-electron chi connectivity index (χ4n) is 2.20. The van der Waals surface area contributed by atoms with Gasteiger partial charge < -0.3 is 10.3 Å². The maximum Gasteiger partial charge on any atom is 0.254 e. The van der Waals surface area contributed by atoms with Crippen molar-refractivity contribution in [1.29, 1.82) is 0 Å². The van der Waals surface area contributed by atoms with Crippen LogP contribution in [0.4, 0.5) is 4.39 Å². The zero-order valence-corrected chi connectivity index (χ0v) is 11.6. The minimum atomic E-state index is -0.258. The maximum absolute atomic E-state index is 13.1. The first kappa shape index (κ1) is 13.3. The van der Waals surface area contributed by atoms with Crippen molar-refractivity contribution in [3.63, 3.8) is 0 Å². The summed E-state index contributed by atoms with van der Waals surface area (Å²) in [5.74, 6) is 0.893. The van der Waals surface area contributed by atoms with Crippen LogP contribution in [-0.4, -0.2) is 16.5 Å². The van der Waals surface area contributed by atoms with Crippen molar-refractivity contribution in [2.24, 2.45) is 0 Å². The molecule has 6 heteroatoms. The monoisotopic (exact) mass is 291 g/mol. The van der Waals surface area contributed by atoms with E-state index in [0.29, 0.717) is 18.1 Å². The molecule has 1 aliphatic rings. The van der Waals surface area contributed by atoms with E-state index in [0.717, 1.165) is 29.1 Å². The van der Waals surface area contributed by atoms with E-state index in [4.69, 9.17) is 0 Å². The Morgan fingerprint density at radius 3 is 3.15 bits per heavy atom. The summed E-state index contributed by atoms with van der Waals surface area (Å²) in [7, 11) is 0. The summed E-state index contributed by atoms with van der Waals surface area (Å²) in [6, 6.07) is 6.40. The highest BCUT2D eigenvalue weighted by Crippen LogP contribution is 2.22. The largest absolute Gasteiger partial charge is 0.311 e. The molecule has 0 unspecified atom stereocenters. The number of hydrogen-bond acceptors (Lipinski definition) is 4. The number of halogens is 1. The highest BCUT2D eigenvalue weighted by molar-refractivity contribution is 7.98. The topological polar surface area (TPSA) is 57.8 Å². The zero-order chi connectivity index (χ0) is 13.9. The van der Waals surface area contributed by atoms with Crippen LogP contribution < -0.4 is 10.9 Å². The van der Waals surface area contributed by atoms with Crippen molar-refractivity contribution >= 4 is 11.8 Å². The Kier molecular flexibility index (Phi) is 3.84. The summed E-state index contributed by atoms with van der Waals surface area (Å²) < 4.78 is 13.1. The van der Waals surface area contributed by atoms with Gasteiger partial charge in [-0.2, -0.15) is 0 Å². The molecular formula is C14H14FN3OS. The standard InChI is InChI=1S/C14H14FN3OS/c15-9-2-1-3-10(6-9)20-8-13-17-12-7-16-5-4-11(12)14(19)18-13/h1-3,6,16H,4-5,7-8H2,(H,17,18,19). The molecule has 104 valence electrons. The van der Waals surface area contributed by atoms with Crippen molar-refractivity contribution in [2.45, 2.75) is 23.6 Å². The summed E-state index contributed by atoms with van der Waals surface area (Å²) in [5, 5.41) is 3.20. The van der Waals surface area contributed by atoms with E-state index in [1.54, 1.807) is 6.07 Å². The summed E-state index contributed by atoms with van der Waals surface area (Å²) >= 11 is 1.45. The van der Waals surface area contributed by atoms with Gasteiger partial charge in [0.05, 0.1) is 11.4 Å². The molecule has 20 heavy (non-hydrogen) atoms. The van der Waals surface area contributed by atoms with Gasteiger partial charge in [-0.25, -0.2) is 9.37 Å². The minimum Gasteiger partial charge on any atom is -0.311 e. The molecule has 0 saturated heterocycles. The van der Waals surface area contributed by atoms with Crippen LogP contribution in [0.1, 0.15) is 17.1 Å². The molecule has 1 aromatic heterocycles. The van der Waals surface area contributed by atoms with Gasteiger partial charge in [0.25, 0.3) is 5.56 Å². The summed E-state index contributed by atoms with van der Waals surface area (Å²) in [6.07, 6.45) is 0.717. The maximum atomic E-state index is 13.1. The van der Waals surface area contributed by atoms with Crippen LogP contribution in [0.2, 0.25) is 0 Å². The van der Waals surface area contributed by atoms with Gasteiger partial charge in [0.2, 0.25) is 0 Å². The third kappa shape index (κ3) is 2.91. The Hall–Kier alpha value is -1.66. The van der Waals surface area contributed by atoms with E-state index >= 15 is 0 Å². The lowest BCUT2D eigenvalue weighted by Gasteiger charge is -2.15. The average molecular weight is 291 g/mol. The number of nitrogens with one attached hydrogen (secondary N) is 2. The van der Waals surface area contributed by atoms with Gasteiger partial charge in [-0.3, -0.25) is 4.79 Å². The molecule has 1 aromatic carbocycles. The minimum absolute atomic E-state index is 0.0497. The molecule has 2 heterocycles. The van der Waals surface area contributed by atoms with Gasteiger partial charge in [0, 0.05) is 17.0 Å². The molecule has 0 spiro atoms. The number of nitrogens with zero attached hydrogens (tertiary/aromatic N) is 1. The van der Waals surface area contributed by atoms with E-state index in [1.165, 1.54) is 23.9 Å². The second-order valence-corrected chi connectivity index (χ2v) is 5.66. The van der Waals surface area contributed by atoms with Gasteiger partial charge in [-0.1, -0.05) is 6.07 Å². The van der Waals surface area contributed by atoms with Crippen LogP contribution in [0.15, 0.2) is 34.0 Å². The van der Waals surface area contributed by atoms with Crippen LogP contribution in [-0.2, 0) is 18.7 Å². The van der Waals surface area contributed by atoms with Crippen molar-refractivity contribution in [2.75, 3.05) is 6.54 Å². The average Bonchev–Trinajstić information content (AvgIpc) is 2.45. The van der Waals surface area contributed by atoms with Gasteiger partial charge >= 0.3 is 0 Å². The number of fused-ring (bicyclic) bond motifs is 1. The highest BCUT2D eigenvalue weighted by Gasteiger charge is 2.15. The Bertz CT molecular complexity index is 686. The second kappa shape index (κ2) is 5.76. The summed E-state index contributed by atoms with van der Waals surface area (Å²) in [4.78, 5) is 20.1. The molecule has 0 saturated carbocycles. The molecule has 0 radical (unpaired) electrons. The van der Waals surface area contributed by atoms with Crippen LogP contribution >= 0.6 is 11.8 Å². The normalized spacial score (nSPS) is 14.1. The number of hydrogen-bond donors (Lipinski definition) is 2. The molecule has 0 atom stereocenters. The van der Waals surface area contributed by atoms with Gasteiger partial charge in [-0.05, 0) is 31.2 Å². The van der Waals surface area contributed by atoms with Crippen LogP contribution in [0.5, 0.6) is 0 Å². The fourth-order valence-corrected chi connectivity index (χ4v) is 3.01. The first-order valence-corrected chi connectivity index (χ1v) is 7.41. The Labute approximate surface area is 119 Å². The van der Waals surface area contributed by atoms with Crippen LogP contribution in [0.25, 0.3) is 0 Å².